The van der Waals surface area contributed by atoms with E-state index in [2.05, 4.69) is 20.2 Å². The van der Waals surface area contributed by atoms with Crippen molar-refractivity contribution in [2.45, 2.75) is 36.1 Å². The van der Waals surface area contributed by atoms with Gasteiger partial charge in [0.05, 0.1) is 31.3 Å². The molecule has 168 valence electrons. The molecule has 0 unspecified atom stereocenters. The maximum Gasteiger partial charge on any atom is 0.240 e. The van der Waals surface area contributed by atoms with Crippen LogP contribution in [0.2, 0.25) is 0 Å². The Morgan fingerprint density at radius 3 is 2.66 bits per heavy atom. The smallest absolute Gasteiger partial charge is 0.240 e. The van der Waals surface area contributed by atoms with E-state index >= 15 is 0 Å². The molecule has 32 heavy (non-hydrogen) atoms. The van der Waals surface area contributed by atoms with E-state index in [9.17, 15) is 8.42 Å². The van der Waals surface area contributed by atoms with Crippen molar-refractivity contribution in [1.29, 1.82) is 0 Å². The molecule has 0 bridgehead atoms. The predicted molar refractivity (Wildman–Crippen MR) is 114 cm³/mol. The predicted octanol–water partition coefficient (Wildman–Crippen LogP) is 1.34. The zero-order valence-corrected chi connectivity index (χ0v) is 18.4. The van der Waals surface area contributed by atoms with Crippen molar-refractivity contribution in [3.8, 4) is 17.1 Å². The largest absolute Gasteiger partial charge is 0.497 e. The Kier molecular flexibility index (Phi) is 5.41. The molecule has 0 radical (unpaired) electrons. The summed E-state index contributed by atoms with van der Waals surface area (Å²) in [4.78, 5) is 0.210. The van der Waals surface area contributed by atoms with Crippen LogP contribution < -0.4 is 9.46 Å². The van der Waals surface area contributed by atoms with Gasteiger partial charge in [-0.2, -0.15) is 0 Å². The Morgan fingerprint density at radius 2 is 1.88 bits per heavy atom. The van der Waals surface area contributed by atoms with Crippen molar-refractivity contribution in [2.75, 3.05) is 20.3 Å². The van der Waals surface area contributed by atoms with Gasteiger partial charge in [0.2, 0.25) is 10.0 Å². The molecular weight excluding hydrogens is 434 g/mol. The lowest BCUT2D eigenvalue weighted by molar-refractivity contribution is 0.0626. The summed E-state index contributed by atoms with van der Waals surface area (Å²) < 4.78 is 47.3. The number of rotatable bonds is 6. The molecule has 0 saturated carbocycles. The second-order valence-corrected chi connectivity index (χ2v) is 9.60. The Bertz CT molecular complexity index is 1210. The van der Waals surface area contributed by atoms with Crippen molar-refractivity contribution in [2.24, 2.45) is 0 Å². The minimum atomic E-state index is -3.70. The molecule has 2 aliphatic rings. The summed E-state index contributed by atoms with van der Waals surface area (Å²) in [6.45, 7) is 2.41. The van der Waals surface area contributed by atoms with E-state index in [0.717, 1.165) is 11.1 Å². The van der Waals surface area contributed by atoms with E-state index in [0.29, 0.717) is 18.2 Å². The van der Waals surface area contributed by atoms with Gasteiger partial charge in [0.15, 0.2) is 5.82 Å². The lowest BCUT2D eigenvalue weighted by Crippen LogP contribution is -2.44. The van der Waals surface area contributed by atoms with Crippen LogP contribution in [0.5, 0.6) is 5.75 Å². The number of ether oxygens (including phenoxy) is 3. The zero-order valence-electron chi connectivity index (χ0n) is 17.6. The van der Waals surface area contributed by atoms with Gasteiger partial charge in [-0.15, -0.1) is 5.10 Å². The minimum absolute atomic E-state index is 0.202. The molecule has 4 atom stereocenters. The summed E-state index contributed by atoms with van der Waals surface area (Å²) in [6, 6.07) is 13.4. The van der Waals surface area contributed by atoms with E-state index in [1.807, 2.05) is 31.2 Å². The molecule has 1 N–H and O–H groups in total. The molecule has 5 rings (SSSR count). The number of tetrazole rings is 1. The second kappa shape index (κ2) is 8.24. The molecule has 3 aromatic rings. The van der Waals surface area contributed by atoms with Gasteiger partial charge >= 0.3 is 0 Å². The molecule has 0 amide bonds. The molecule has 11 heteroatoms. The molecule has 2 aliphatic heterocycles. The fourth-order valence-electron chi connectivity index (χ4n) is 4.14. The molecule has 2 saturated heterocycles. The van der Waals surface area contributed by atoms with Crippen LogP contribution in [-0.2, 0) is 19.5 Å². The number of hydrogen-bond acceptors (Lipinski definition) is 8. The maximum atomic E-state index is 12.8. The number of benzene rings is 2. The van der Waals surface area contributed by atoms with E-state index in [4.69, 9.17) is 14.2 Å². The Labute approximate surface area is 185 Å². The van der Waals surface area contributed by atoms with E-state index in [-0.39, 0.29) is 23.6 Å². The molecule has 2 aromatic carbocycles. The second-order valence-electron chi connectivity index (χ2n) is 7.88. The summed E-state index contributed by atoms with van der Waals surface area (Å²) in [6.07, 6.45) is -0.823. The first-order valence-electron chi connectivity index (χ1n) is 10.2. The Hall–Kier alpha value is -2.86. The number of fused-ring (bicyclic) bond motifs is 1. The van der Waals surface area contributed by atoms with Gasteiger partial charge in [-0.05, 0) is 41.6 Å². The fraction of sp³-hybridized carbons (Fsp3) is 0.381. The monoisotopic (exact) mass is 457 g/mol. The van der Waals surface area contributed by atoms with Gasteiger partial charge in [0.1, 0.15) is 24.0 Å². The number of hydrogen-bond donors (Lipinski definition) is 1. The van der Waals surface area contributed by atoms with Crippen LogP contribution >= 0.6 is 0 Å². The highest BCUT2D eigenvalue weighted by Gasteiger charge is 2.50. The first-order chi connectivity index (χ1) is 15.5. The highest BCUT2D eigenvalue weighted by molar-refractivity contribution is 7.89. The molecular formula is C21H23N5O5S. The van der Waals surface area contributed by atoms with Gasteiger partial charge in [-0.1, -0.05) is 29.8 Å². The molecule has 3 heterocycles. The van der Waals surface area contributed by atoms with Crippen LogP contribution in [0.25, 0.3) is 11.4 Å². The average Bonchev–Trinajstić information content (AvgIpc) is 3.51. The van der Waals surface area contributed by atoms with Crippen molar-refractivity contribution in [1.82, 2.24) is 24.9 Å². The van der Waals surface area contributed by atoms with Crippen LogP contribution in [0.4, 0.5) is 0 Å². The first kappa shape index (κ1) is 21.0. The SMILES string of the molecule is COc1cccc(-c2nnnn2[C@H]2CO[C@H]3[C@@H]2OC[C@@H]3NS(=O)(=O)c2ccc(C)cc2)c1. The Balaban J connectivity index is 1.35. The van der Waals surface area contributed by atoms with Gasteiger partial charge < -0.3 is 14.2 Å². The number of nitrogens with zero attached hydrogens (tertiary/aromatic N) is 4. The van der Waals surface area contributed by atoms with Gasteiger partial charge in [-0.3, -0.25) is 0 Å². The zero-order chi connectivity index (χ0) is 22.3. The average molecular weight is 458 g/mol. The number of methoxy groups -OCH3 is 1. The number of aryl methyl sites for hydroxylation is 1. The van der Waals surface area contributed by atoms with Crippen LogP contribution in [0.1, 0.15) is 11.6 Å². The van der Waals surface area contributed by atoms with Gasteiger partial charge in [-0.25, -0.2) is 17.8 Å². The molecule has 0 spiro atoms. The standard InChI is InChI=1S/C21H23N5O5S/c1-13-6-8-16(9-7-13)32(27,28)23-17-11-30-20-18(12-31-19(17)20)26-21(22-24-25-26)14-4-3-5-15(10-14)29-2/h3-10,17-20,23H,11-12H2,1-2H3/t17-,18-,19+,20+/m0/s1. The lowest BCUT2D eigenvalue weighted by Gasteiger charge is -2.18. The van der Waals surface area contributed by atoms with E-state index in [1.54, 1.807) is 36.1 Å². The van der Waals surface area contributed by atoms with Crippen LogP contribution in [0.15, 0.2) is 53.4 Å². The number of aromatic nitrogens is 4. The highest BCUT2D eigenvalue weighted by atomic mass is 32.2. The van der Waals surface area contributed by atoms with Crippen LogP contribution in [0.3, 0.4) is 0 Å². The summed E-state index contributed by atoms with van der Waals surface area (Å²) in [7, 11) is -2.10. The molecule has 1 aromatic heterocycles. The summed E-state index contributed by atoms with van der Waals surface area (Å²) in [5.74, 6) is 1.26. The van der Waals surface area contributed by atoms with Crippen molar-refractivity contribution in [3.63, 3.8) is 0 Å². The molecule has 0 aliphatic carbocycles. The summed E-state index contributed by atoms with van der Waals surface area (Å²) >= 11 is 0. The van der Waals surface area contributed by atoms with E-state index in [1.165, 1.54) is 0 Å². The summed E-state index contributed by atoms with van der Waals surface area (Å²) in [5, 5.41) is 12.2. The highest BCUT2D eigenvalue weighted by Crippen LogP contribution is 2.36. The lowest BCUT2D eigenvalue weighted by atomic mass is 10.1. The Morgan fingerprint density at radius 1 is 1.09 bits per heavy atom. The van der Waals surface area contributed by atoms with Crippen molar-refractivity contribution < 1.29 is 22.6 Å². The van der Waals surface area contributed by atoms with Crippen LogP contribution in [0, 0.1) is 6.92 Å². The third kappa shape index (κ3) is 3.77. The van der Waals surface area contributed by atoms with Gasteiger partial charge in [0, 0.05) is 5.56 Å². The third-order valence-electron chi connectivity index (χ3n) is 5.80. The van der Waals surface area contributed by atoms with E-state index < -0.39 is 22.2 Å². The van der Waals surface area contributed by atoms with Crippen molar-refractivity contribution in [3.05, 3.63) is 54.1 Å². The van der Waals surface area contributed by atoms with Crippen molar-refractivity contribution >= 4 is 10.0 Å². The summed E-state index contributed by atoms with van der Waals surface area (Å²) in [5.41, 5.74) is 1.79. The maximum absolute atomic E-state index is 12.8. The fourth-order valence-corrected chi connectivity index (χ4v) is 5.37. The molecule has 10 nitrogen and oxygen atoms in total. The van der Waals surface area contributed by atoms with Crippen LogP contribution in [-0.4, -0.2) is 67.2 Å². The topological polar surface area (TPSA) is 117 Å². The molecule has 2 fully saturated rings. The van der Waals surface area contributed by atoms with Gasteiger partial charge in [0.25, 0.3) is 0 Å². The normalized spacial score (nSPS) is 25.1. The quantitative estimate of drug-likeness (QED) is 0.589. The number of nitrogens with one attached hydrogen (secondary N) is 1. The minimum Gasteiger partial charge on any atom is -0.497 e. The number of sulfonamides is 1. The third-order valence-corrected chi connectivity index (χ3v) is 7.31. The first-order valence-corrected chi connectivity index (χ1v) is 11.7.